The average molecular weight is 451 g/mol. The Balaban J connectivity index is 0.000000245. The highest BCUT2D eigenvalue weighted by Gasteiger charge is 2.19. The molecule has 1 atom stereocenters. The van der Waals surface area contributed by atoms with Crippen molar-refractivity contribution >= 4 is 33.2 Å². The molecule has 162 valence electrons. The predicted octanol–water partition coefficient (Wildman–Crippen LogP) is 3.23. The third-order valence-electron chi connectivity index (χ3n) is 4.82. The number of halogens is 1. The van der Waals surface area contributed by atoms with Gasteiger partial charge in [0.2, 0.25) is 10.0 Å². The van der Waals surface area contributed by atoms with E-state index in [-0.39, 0.29) is 17.3 Å². The fourth-order valence-electron chi connectivity index (χ4n) is 3.21. The number of nitrogens with zero attached hydrogens (tertiary/aromatic N) is 1. The lowest BCUT2D eigenvalue weighted by molar-refractivity contribution is 0.0870. The maximum absolute atomic E-state index is 11.4. The number of aliphatic hydroxyl groups excluding tert-OH is 1. The Morgan fingerprint density at radius 2 is 1.63 bits per heavy atom. The predicted molar refractivity (Wildman–Crippen MR) is 121 cm³/mol. The lowest BCUT2D eigenvalue weighted by Gasteiger charge is -2.19. The molecule has 0 aromatic heterocycles. The first-order valence-corrected chi connectivity index (χ1v) is 10.9. The Morgan fingerprint density at radius 3 is 2.10 bits per heavy atom. The van der Waals surface area contributed by atoms with Gasteiger partial charge in [-0.05, 0) is 34.9 Å². The number of nitrogens with two attached hydrogens (primary N) is 1. The van der Waals surface area contributed by atoms with Crippen molar-refractivity contribution in [3.05, 3.63) is 77.9 Å². The number of fused-ring (bicyclic) bond motifs is 1. The molecule has 30 heavy (non-hydrogen) atoms. The highest BCUT2D eigenvalue weighted by Crippen LogP contribution is 2.21. The van der Waals surface area contributed by atoms with Gasteiger partial charge >= 0.3 is 0 Å². The number of β-amino-alcohol motifs (C(OH)–C–C–N with tert-alkyl or cyclic N) is 1. The lowest BCUT2D eigenvalue weighted by Crippen LogP contribution is -2.26. The van der Waals surface area contributed by atoms with Crippen LogP contribution in [0, 0.1) is 6.92 Å². The Kier molecular flexibility index (Phi) is 8.78. The molecule has 3 aromatic rings. The van der Waals surface area contributed by atoms with Gasteiger partial charge in [-0.2, -0.15) is 0 Å². The van der Waals surface area contributed by atoms with Crippen molar-refractivity contribution in [1.82, 2.24) is 4.90 Å². The number of aliphatic hydroxyl groups is 1. The zero-order chi connectivity index (χ0) is 20.9. The van der Waals surface area contributed by atoms with E-state index in [9.17, 15) is 13.5 Å². The van der Waals surface area contributed by atoms with E-state index in [1.807, 2.05) is 4.90 Å². The molecule has 1 aliphatic rings. The second-order valence-corrected chi connectivity index (χ2v) is 8.58. The molecule has 0 spiro atoms. The molecule has 1 saturated heterocycles. The van der Waals surface area contributed by atoms with Crippen LogP contribution in [-0.2, 0) is 14.8 Å². The highest BCUT2D eigenvalue weighted by molar-refractivity contribution is 7.89. The number of primary sulfonamides is 1. The molecule has 0 aliphatic carbocycles. The van der Waals surface area contributed by atoms with Crippen molar-refractivity contribution in [2.75, 3.05) is 26.4 Å². The Bertz CT molecular complexity index is 1000. The van der Waals surface area contributed by atoms with Gasteiger partial charge in [0.05, 0.1) is 24.3 Å². The molecule has 1 aliphatic heterocycles. The summed E-state index contributed by atoms with van der Waals surface area (Å²) in [7, 11) is -3.77. The van der Waals surface area contributed by atoms with Crippen LogP contribution in [0.1, 0.15) is 17.2 Å². The van der Waals surface area contributed by atoms with Crippen molar-refractivity contribution in [2.45, 2.75) is 17.9 Å². The van der Waals surface area contributed by atoms with Crippen molar-refractivity contribution < 1.29 is 18.3 Å². The van der Waals surface area contributed by atoms with Crippen LogP contribution in [-0.4, -0.2) is 44.9 Å². The lowest BCUT2D eigenvalue weighted by atomic mass is 10.1. The maximum Gasteiger partial charge on any atom is 0.238 e. The van der Waals surface area contributed by atoms with E-state index < -0.39 is 16.1 Å². The molecule has 8 heteroatoms. The van der Waals surface area contributed by atoms with Crippen LogP contribution >= 0.6 is 12.4 Å². The first-order chi connectivity index (χ1) is 13.8. The quantitative estimate of drug-likeness (QED) is 0.636. The first-order valence-electron chi connectivity index (χ1n) is 9.40. The van der Waals surface area contributed by atoms with Crippen LogP contribution in [0.4, 0.5) is 0 Å². The van der Waals surface area contributed by atoms with Crippen LogP contribution in [0.5, 0.6) is 0 Å². The summed E-state index contributed by atoms with van der Waals surface area (Å²) in [5, 5.41) is 17.9. The van der Waals surface area contributed by atoms with Crippen molar-refractivity contribution in [3.8, 4) is 0 Å². The average Bonchev–Trinajstić information content (AvgIpc) is 3.21. The molecule has 0 bridgehead atoms. The van der Waals surface area contributed by atoms with Crippen LogP contribution in [0.3, 0.4) is 0 Å². The Labute approximate surface area is 183 Å². The van der Waals surface area contributed by atoms with Gasteiger partial charge in [-0.3, -0.25) is 4.90 Å². The molecule has 1 fully saturated rings. The van der Waals surface area contributed by atoms with Crippen LogP contribution < -0.4 is 5.14 Å². The number of hydrogen-bond donors (Lipinski definition) is 2. The third-order valence-corrected chi connectivity index (χ3v) is 5.87. The number of ether oxygens (including phenoxy) is 1. The van der Waals surface area contributed by atoms with Gasteiger partial charge < -0.3 is 9.84 Å². The minimum absolute atomic E-state index is 0. The van der Waals surface area contributed by atoms with E-state index >= 15 is 0 Å². The minimum Gasteiger partial charge on any atom is -0.387 e. The zero-order valence-electron chi connectivity index (χ0n) is 16.8. The molecule has 3 N–H and O–H groups in total. The molecule has 1 heterocycles. The van der Waals surface area contributed by atoms with Crippen LogP contribution in [0.15, 0.2) is 71.6 Å². The molecule has 6 nitrogen and oxygen atoms in total. The summed E-state index contributed by atoms with van der Waals surface area (Å²) in [6.07, 6.45) is -0.761. The first kappa shape index (κ1) is 24.3. The summed E-state index contributed by atoms with van der Waals surface area (Å²) in [4.78, 5) is 2.02. The topological polar surface area (TPSA) is 92.9 Å². The minimum atomic E-state index is -3.77. The largest absolute Gasteiger partial charge is 0.387 e. The molecule has 0 saturated carbocycles. The molecule has 4 rings (SSSR count). The van der Waals surface area contributed by atoms with E-state index in [0.29, 0.717) is 31.0 Å². The number of rotatable bonds is 4. The fourth-order valence-corrected chi connectivity index (χ4v) is 4.03. The highest BCUT2D eigenvalue weighted by atomic mass is 35.5. The Hall–Kier alpha value is -2.00. The van der Waals surface area contributed by atoms with Gasteiger partial charge in [-0.25, -0.2) is 13.6 Å². The molecule has 3 aromatic carbocycles. The fraction of sp³-hybridized carbons (Fsp3) is 0.273. The van der Waals surface area contributed by atoms with E-state index in [0.717, 1.165) is 6.54 Å². The summed E-state index contributed by atoms with van der Waals surface area (Å²) in [5.74, 6) is 0. The maximum atomic E-state index is 11.4. The monoisotopic (exact) mass is 450 g/mol. The molecule has 1 unspecified atom stereocenters. The van der Waals surface area contributed by atoms with Crippen molar-refractivity contribution in [2.24, 2.45) is 5.14 Å². The SMILES string of the molecule is Cc1ccc(C(O)CN2CCOC2)cc1S(N)(=O)=O.Cl.c1ccc2ccccc2c1. The normalized spacial score (nSPS) is 15.2. The summed E-state index contributed by atoms with van der Waals surface area (Å²) in [6.45, 7) is 4.00. The van der Waals surface area contributed by atoms with Gasteiger partial charge in [0.25, 0.3) is 0 Å². The van der Waals surface area contributed by atoms with Gasteiger partial charge in [0.1, 0.15) is 0 Å². The third kappa shape index (κ3) is 6.50. The summed E-state index contributed by atoms with van der Waals surface area (Å²) < 4.78 is 28.1. The number of hydrogen-bond acceptors (Lipinski definition) is 5. The van der Waals surface area contributed by atoms with Crippen LogP contribution in [0.25, 0.3) is 10.8 Å². The van der Waals surface area contributed by atoms with Crippen molar-refractivity contribution in [3.63, 3.8) is 0 Å². The number of aryl methyl sites for hydroxylation is 1. The molecular weight excluding hydrogens is 424 g/mol. The molecule has 0 radical (unpaired) electrons. The van der Waals surface area contributed by atoms with E-state index in [1.54, 1.807) is 19.1 Å². The van der Waals surface area contributed by atoms with E-state index in [4.69, 9.17) is 9.88 Å². The summed E-state index contributed by atoms with van der Waals surface area (Å²) in [5.41, 5.74) is 1.12. The zero-order valence-corrected chi connectivity index (χ0v) is 18.4. The standard InChI is InChI=1S/C12H18N2O4S.C10H8.ClH/c1-9-2-3-10(6-12(9)19(13,16)17)11(15)7-14-4-5-18-8-14;1-2-6-10-8-4-3-7-9(10)5-1;/h2-3,6,11,15H,4-5,7-8H2,1H3,(H2,13,16,17);1-8H;1H. The second kappa shape index (κ2) is 10.9. The van der Waals surface area contributed by atoms with E-state index in [1.165, 1.54) is 16.8 Å². The second-order valence-electron chi connectivity index (χ2n) is 7.05. The smallest absolute Gasteiger partial charge is 0.238 e. The number of benzene rings is 3. The Morgan fingerprint density at radius 1 is 1.07 bits per heavy atom. The van der Waals surface area contributed by atoms with Crippen LogP contribution in [0.2, 0.25) is 0 Å². The van der Waals surface area contributed by atoms with Gasteiger partial charge in [0, 0.05) is 13.1 Å². The molecular formula is C22H27ClN2O4S. The van der Waals surface area contributed by atoms with Gasteiger partial charge in [0.15, 0.2) is 0 Å². The van der Waals surface area contributed by atoms with Crippen molar-refractivity contribution in [1.29, 1.82) is 0 Å². The number of sulfonamides is 1. The summed E-state index contributed by atoms with van der Waals surface area (Å²) in [6, 6.07) is 21.5. The molecule has 0 amide bonds. The van der Waals surface area contributed by atoms with Gasteiger partial charge in [-0.1, -0.05) is 60.7 Å². The van der Waals surface area contributed by atoms with Gasteiger partial charge in [-0.15, -0.1) is 12.4 Å². The summed E-state index contributed by atoms with van der Waals surface area (Å²) >= 11 is 0. The van der Waals surface area contributed by atoms with E-state index in [2.05, 4.69) is 48.5 Å².